The largest absolute Gasteiger partial charge is 0.370 e. The van der Waals surface area contributed by atoms with E-state index in [2.05, 4.69) is 40.3 Å². The summed E-state index contributed by atoms with van der Waals surface area (Å²) in [5.74, 6) is 0.639. The molecule has 82 valence electrons. The summed E-state index contributed by atoms with van der Waals surface area (Å²) in [5, 5.41) is 10.8. The summed E-state index contributed by atoms with van der Waals surface area (Å²) < 4.78 is 1.09. The second-order valence-corrected chi connectivity index (χ2v) is 4.48. The van der Waals surface area contributed by atoms with Gasteiger partial charge in [0.05, 0.1) is 5.84 Å². The van der Waals surface area contributed by atoms with Crippen LogP contribution < -0.4 is 5.32 Å². The van der Waals surface area contributed by atoms with Gasteiger partial charge in [0, 0.05) is 17.4 Å². The second kappa shape index (κ2) is 6.62. The summed E-state index contributed by atoms with van der Waals surface area (Å²) in [7, 11) is 0. The van der Waals surface area contributed by atoms with Crippen LogP contribution in [0.5, 0.6) is 0 Å². The smallest absolute Gasteiger partial charge is 0.0934 e. The Balaban J connectivity index is 2.30. The molecule has 2 nitrogen and oxygen atoms in total. The van der Waals surface area contributed by atoms with E-state index in [1.165, 1.54) is 5.56 Å². The third kappa shape index (κ3) is 4.98. The van der Waals surface area contributed by atoms with Crippen LogP contribution in [-0.2, 0) is 6.54 Å². The second-order valence-electron chi connectivity index (χ2n) is 3.56. The molecular formula is C12H17BrN2. The van der Waals surface area contributed by atoms with E-state index < -0.39 is 0 Å². The maximum atomic E-state index is 7.66. The summed E-state index contributed by atoms with van der Waals surface area (Å²) in [6.07, 6.45) is 3.08. The highest BCUT2D eigenvalue weighted by atomic mass is 79.9. The van der Waals surface area contributed by atoms with E-state index >= 15 is 0 Å². The van der Waals surface area contributed by atoms with Crippen molar-refractivity contribution in [3.8, 4) is 0 Å². The quantitative estimate of drug-likeness (QED) is 0.620. The Labute approximate surface area is 99.7 Å². The lowest BCUT2D eigenvalue weighted by Gasteiger charge is -2.07. The van der Waals surface area contributed by atoms with Crippen molar-refractivity contribution in [1.82, 2.24) is 5.32 Å². The molecule has 0 fully saturated rings. The molecule has 0 saturated heterocycles. The lowest BCUT2D eigenvalue weighted by molar-refractivity contribution is 0.789. The molecule has 0 spiro atoms. The van der Waals surface area contributed by atoms with Crippen molar-refractivity contribution in [2.75, 3.05) is 0 Å². The Kier molecular flexibility index (Phi) is 5.40. The van der Waals surface area contributed by atoms with Crippen molar-refractivity contribution < 1.29 is 0 Å². The molecule has 0 bridgehead atoms. The number of nitrogens with one attached hydrogen (secondary N) is 2. The highest BCUT2D eigenvalue weighted by molar-refractivity contribution is 9.10. The topological polar surface area (TPSA) is 35.9 Å². The number of halogens is 1. The Morgan fingerprint density at radius 1 is 1.33 bits per heavy atom. The summed E-state index contributed by atoms with van der Waals surface area (Å²) in [5.41, 5.74) is 1.21. The highest BCUT2D eigenvalue weighted by Gasteiger charge is 1.96. The normalized spacial score (nSPS) is 10.0. The van der Waals surface area contributed by atoms with E-state index in [1.54, 1.807) is 0 Å². The molecule has 0 atom stereocenters. The lowest BCUT2D eigenvalue weighted by Crippen LogP contribution is -2.21. The van der Waals surface area contributed by atoms with E-state index in [4.69, 9.17) is 5.41 Å². The van der Waals surface area contributed by atoms with E-state index in [0.29, 0.717) is 5.84 Å². The number of hydrogen-bond acceptors (Lipinski definition) is 1. The van der Waals surface area contributed by atoms with E-state index in [-0.39, 0.29) is 0 Å². The average Bonchev–Trinajstić information content (AvgIpc) is 2.25. The van der Waals surface area contributed by atoms with E-state index in [0.717, 1.165) is 30.3 Å². The van der Waals surface area contributed by atoms with Gasteiger partial charge < -0.3 is 5.32 Å². The standard InChI is InChI=1S/C12H17BrN2/c1-2-3-4-12(14)15-9-10-5-7-11(13)8-6-10/h5-8H,2-4,9H2,1H3,(H2,14,15). The van der Waals surface area contributed by atoms with Crippen molar-refractivity contribution >= 4 is 21.8 Å². The molecule has 3 heteroatoms. The van der Waals surface area contributed by atoms with E-state index in [1.807, 2.05) is 12.1 Å². The van der Waals surface area contributed by atoms with Gasteiger partial charge in [0.15, 0.2) is 0 Å². The van der Waals surface area contributed by atoms with Crippen LogP contribution in [0, 0.1) is 5.41 Å². The van der Waals surface area contributed by atoms with Crippen LogP contribution in [0.1, 0.15) is 31.7 Å². The van der Waals surface area contributed by atoms with Crippen molar-refractivity contribution in [2.45, 2.75) is 32.7 Å². The zero-order valence-electron chi connectivity index (χ0n) is 9.02. The van der Waals surface area contributed by atoms with Gasteiger partial charge in [-0.1, -0.05) is 41.4 Å². The molecule has 0 aliphatic carbocycles. The number of benzene rings is 1. The minimum atomic E-state index is 0.639. The van der Waals surface area contributed by atoms with Gasteiger partial charge in [-0.3, -0.25) is 5.41 Å². The number of amidine groups is 1. The summed E-state index contributed by atoms with van der Waals surface area (Å²) in [6.45, 7) is 2.89. The van der Waals surface area contributed by atoms with Crippen molar-refractivity contribution in [1.29, 1.82) is 5.41 Å². The fourth-order valence-corrected chi connectivity index (χ4v) is 1.52. The predicted molar refractivity (Wildman–Crippen MR) is 68.2 cm³/mol. The molecule has 0 unspecified atom stereocenters. The lowest BCUT2D eigenvalue weighted by atomic mass is 10.2. The van der Waals surface area contributed by atoms with Crippen LogP contribution in [-0.4, -0.2) is 5.84 Å². The van der Waals surface area contributed by atoms with Gasteiger partial charge in [-0.2, -0.15) is 0 Å². The molecular weight excluding hydrogens is 252 g/mol. The summed E-state index contributed by atoms with van der Waals surface area (Å²) >= 11 is 3.40. The third-order valence-electron chi connectivity index (χ3n) is 2.20. The molecule has 0 aromatic heterocycles. The first kappa shape index (κ1) is 12.2. The van der Waals surface area contributed by atoms with Crippen molar-refractivity contribution in [3.05, 3.63) is 34.3 Å². The first-order valence-corrected chi connectivity index (χ1v) is 6.07. The van der Waals surface area contributed by atoms with Gasteiger partial charge in [-0.25, -0.2) is 0 Å². The maximum absolute atomic E-state index is 7.66. The Hall–Kier alpha value is -0.830. The molecule has 0 heterocycles. The van der Waals surface area contributed by atoms with Crippen LogP contribution in [0.2, 0.25) is 0 Å². The molecule has 0 saturated carbocycles. The number of unbranched alkanes of at least 4 members (excludes halogenated alkanes) is 1. The molecule has 15 heavy (non-hydrogen) atoms. The molecule has 1 rings (SSSR count). The van der Waals surface area contributed by atoms with Gasteiger partial charge in [-0.05, 0) is 24.1 Å². The minimum absolute atomic E-state index is 0.639. The van der Waals surface area contributed by atoms with Gasteiger partial charge in [0.1, 0.15) is 0 Å². The number of rotatable bonds is 5. The van der Waals surface area contributed by atoms with Gasteiger partial charge in [-0.15, -0.1) is 0 Å². The average molecular weight is 269 g/mol. The Morgan fingerprint density at radius 2 is 2.00 bits per heavy atom. The van der Waals surface area contributed by atoms with Crippen LogP contribution in [0.3, 0.4) is 0 Å². The molecule has 0 amide bonds. The molecule has 1 aromatic carbocycles. The minimum Gasteiger partial charge on any atom is -0.370 e. The molecule has 1 aromatic rings. The Bertz CT molecular complexity index is 306. The zero-order chi connectivity index (χ0) is 11.1. The van der Waals surface area contributed by atoms with Crippen LogP contribution >= 0.6 is 15.9 Å². The fourth-order valence-electron chi connectivity index (χ4n) is 1.25. The monoisotopic (exact) mass is 268 g/mol. The van der Waals surface area contributed by atoms with Crippen molar-refractivity contribution in [2.24, 2.45) is 0 Å². The van der Waals surface area contributed by atoms with Gasteiger partial charge in [0.25, 0.3) is 0 Å². The van der Waals surface area contributed by atoms with Crippen molar-refractivity contribution in [3.63, 3.8) is 0 Å². The predicted octanol–water partition coefficient (Wildman–Crippen LogP) is 3.71. The van der Waals surface area contributed by atoms with Crippen LogP contribution in [0.25, 0.3) is 0 Å². The van der Waals surface area contributed by atoms with Crippen LogP contribution in [0.4, 0.5) is 0 Å². The van der Waals surface area contributed by atoms with Gasteiger partial charge in [0.2, 0.25) is 0 Å². The zero-order valence-corrected chi connectivity index (χ0v) is 10.6. The summed E-state index contributed by atoms with van der Waals surface area (Å²) in [6, 6.07) is 8.16. The molecule has 0 radical (unpaired) electrons. The molecule has 2 N–H and O–H groups in total. The van der Waals surface area contributed by atoms with E-state index in [9.17, 15) is 0 Å². The fraction of sp³-hybridized carbons (Fsp3) is 0.417. The SMILES string of the molecule is CCCCC(=N)NCc1ccc(Br)cc1. The van der Waals surface area contributed by atoms with Gasteiger partial charge >= 0.3 is 0 Å². The first-order valence-electron chi connectivity index (χ1n) is 5.28. The first-order chi connectivity index (χ1) is 7.22. The molecule has 0 aliphatic rings. The maximum Gasteiger partial charge on any atom is 0.0934 e. The van der Waals surface area contributed by atoms with Crippen LogP contribution in [0.15, 0.2) is 28.7 Å². The molecule has 0 aliphatic heterocycles. The highest BCUT2D eigenvalue weighted by Crippen LogP contribution is 2.10. The third-order valence-corrected chi connectivity index (χ3v) is 2.73. The number of hydrogen-bond donors (Lipinski definition) is 2. The summed E-state index contributed by atoms with van der Waals surface area (Å²) in [4.78, 5) is 0. The Morgan fingerprint density at radius 3 is 2.60 bits per heavy atom.